The van der Waals surface area contributed by atoms with Gasteiger partial charge in [-0.15, -0.1) is 16.4 Å². The second-order valence-electron chi connectivity index (χ2n) is 7.56. The van der Waals surface area contributed by atoms with E-state index in [-0.39, 0.29) is 12.5 Å². The van der Waals surface area contributed by atoms with Gasteiger partial charge in [0.15, 0.2) is 0 Å². The van der Waals surface area contributed by atoms with Crippen molar-refractivity contribution in [3.8, 4) is 22.5 Å². The molecule has 5 rings (SSSR count). The van der Waals surface area contributed by atoms with Crippen molar-refractivity contribution in [1.82, 2.24) is 35.2 Å². The van der Waals surface area contributed by atoms with E-state index < -0.39 is 0 Å². The largest absolute Gasteiger partial charge is 0.360 e. The predicted octanol–water partition coefficient (Wildman–Crippen LogP) is 3.17. The van der Waals surface area contributed by atoms with Crippen molar-refractivity contribution in [2.75, 3.05) is 13.1 Å². The second-order valence-corrected chi connectivity index (χ2v) is 8.45. The van der Waals surface area contributed by atoms with Crippen LogP contribution in [0, 0.1) is 6.92 Å². The molecular formula is C21H21N7O2S. The minimum absolute atomic E-state index is 0.0400. The number of aromatic nitrogens is 6. The zero-order chi connectivity index (χ0) is 21.2. The Hall–Kier alpha value is -3.40. The van der Waals surface area contributed by atoms with Crippen molar-refractivity contribution in [1.29, 1.82) is 0 Å². The van der Waals surface area contributed by atoms with Crippen LogP contribution in [0.25, 0.3) is 22.5 Å². The molecule has 4 aromatic rings. The van der Waals surface area contributed by atoms with Crippen LogP contribution in [-0.4, -0.2) is 54.2 Å². The minimum Gasteiger partial charge on any atom is -0.360 e. The summed E-state index contributed by atoms with van der Waals surface area (Å²) in [7, 11) is 0. The zero-order valence-electron chi connectivity index (χ0n) is 17.0. The van der Waals surface area contributed by atoms with Crippen LogP contribution in [0.15, 0.2) is 46.6 Å². The maximum atomic E-state index is 12.5. The highest BCUT2D eigenvalue weighted by atomic mass is 32.1. The van der Waals surface area contributed by atoms with Gasteiger partial charge in [0, 0.05) is 30.0 Å². The van der Waals surface area contributed by atoms with Crippen LogP contribution in [0.4, 0.5) is 0 Å². The van der Waals surface area contributed by atoms with Crippen molar-refractivity contribution in [2.45, 2.75) is 32.2 Å². The third kappa shape index (κ3) is 3.98. The van der Waals surface area contributed by atoms with E-state index in [9.17, 15) is 4.79 Å². The monoisotopic (exact) mass is 435 g/mol. The molecule has 1 amide bonds. The lowest BCUT2D eigenvalue weighted by molar-refractivity contribution is -0.133. The Bertz CT molecular complexity index is 1160. The third-order valence-electron chi connectivity index (χ3n) is 5.57. The Morgan fingerprint density at radius 1 is 1.23 bits per heavy atom. The van der Waals surface area contributed by atoms with Gasteiger partial charge in [0.05, 0.1) is 16.3 Å². The van der Waals surface area contributed by atoms with Crippen LogP contribution in [0.3, 0.4) is 0 Å². The maximum Gasteiger partial charge on any atom is 0.244 e. The number of carbonyl (C=O) groups is 1. The van der Waals surface area contributed by atoms with Crippen LogP contribution < -0.4 is 0 Å². The summed E-state index contributed by atoms with van der Waals surface area (Å²) in [5, 5.41) is 18.4. The van der Waals surface area contributed by atoms with Crippen LogP contribution in [0.5, 0.6) is 0 Å². The van der Waals surface area contributed by atoms with E-state index in [4.69, 9.17) is 9.51 Å². The Morgan fingerprint density at radius 3 is 2.77 bits per heavy atom. The highest BCUT2D eigenvalue weighted by Crippen LogP contribution is 2.37. The second kappa shape index (κ2) is 8.38. The highest BCUT2D eigenvalue weighted by molar-refractivity contribution is 7.10. The lowest BCUT2D eigenvalue weighted by Crippen LogP contribution is -2.39. The number of piperidine rings is 1. The first-order valence-electron chi connectivity index (χ1n) is 10.1. The van der Waals surface area contributed by atoms with Gasteiger partial charge in [-0.1, -0.05) is 35.5 Å². The lowest BCUT2D eigenvalue weighted by Gasteiger charge is -2.31. The number of aryl methyl sites for hydroxylation is 1. The topological polar surface area (TPSA) is 103 Å². The molecule has 1 fully saturated rings. The molecule has 0 atom stereocenters. The molecule has 1 aliphatic heterocycles. The van der Waals surface area contributed by atoms with Gasteiger partial charge >= 0.3 is 0 Å². The number of rotatable bonds is 5. The molecule has 0 radical (unpaired) electrons. The molecule has 158 valence electrons. The molecule has 10 heteroatoms. The molecule has 0 unspecified atom stereocenters. The standard InChI is InChI=1S/C21H21N7O2S/c1-14-19(20(24-30-14)15-5-3-2-4-6-15)17-12-31-21(23-17)16-7-9-27(10-8-16)18(29)11-28-13-22-25-26-28/h2-6,12-13,16H,7-11H2,1H3. The van der Waals surface area contributed by atoms with Crippen molar-refractivity contribution >= 4 is 17.2 Å². The molecule has 1 aliphatic rings. The molecule has 0 N–H and O–H groups in total. The Kier molecular flexibility index (Phi) is 5.29. The summed E-state index contributed by atoms with van der Waals surface area (Å²) < 4.78 is 6.95. The fraction of sp³-hybridized carbons (Fsp3) is 0.333. The van der Waals surface area contributed by atoms with Gasteiger partial charge < -0.3 is 9.42 Å². The fourth-order valence-electron chi connectivity index (χ4n) is 3.92. The smallest absolute Gasteiger partial charge is 0.244 e. The number of nitrogens with zero attached hydrogens (tertiary/aromatic N) is 7. The molecule has 3 aromatic heterocycles. The molecule has 1 aromatic carbocycles. The van der Waals surface area contributed by atoms with E-state index in [2.05, 4.69) is 26.1 Å². The van der Waals surface area contributed by atoms with Crippen LogP contribution in [-0.2, 0) is 11.3 Å². The van der Waals surface area contributed by atoms with E-state index >= 15 is 0 Å². The number of carbonyl (C=O) groups excluding carboxylic acids is 1. The van der Waals surface area contributed by atoms with E-state index in [0.29, 0.717) is 19.0 Å². The first kappa shape index (κ1) is 19.6. The number of thiazole rings is 1. The van der Waals surface area contributed by atoms with E-state index in [0.717, 1.165) is 46.1 Å². The van der Waals surface area contributed by atoms with Crippen molar-refractivity contribution < 1.29 is 9.32 Å². The van der Waals surface area contributed by atoms with E-state index in [1.54, 1.807) is 11.3 Å². The maximum absolute atomic E-state index is 12.5. The van der Waals surface area contributed by atoms with Crippen molar-refractivity contribution in [2.24, 2.45) is 0 Å². The van der Waals surface area contributed by atoms with Gasteiger partial charge in [-0.3, -0.25) is 4.79 Å². The molecule has 0 spiro atoms. The lowest BCUT2D eigenvalue weighted by atomic mass is 9.97. The molecule has 0 aliphatic carbocycles. The SMILES string of the molecule is Cc1onc(-c2ccccc2)c1-c1csc(C2CCN(C(=O)Cn3cnnn3)CC2)n1. The number of likely N-dealkylation sites (tertiary alicyclic amines) is 1. The molecule has 31 heavy (non-hydrogen) atoms. The molecular weight excluding hydrogens is 414 g/mol. The Balaban J connectivity index is 1.28. The number of amides is 1. The summed E-state index contributed by atoms with van der Waals surface area (Å²) >= 11 is 1.67. The first-order chi connectivity index (χ1) is 15.2. The van der Waals surface area contributed by atoms with Crippen LogP contribution in [0.2, 0.25) is 0 Å². The summed E-state index contributed by atoms with van der Waals surface area (Å²) in [6.07, 6.45) is 3.24. The molecule has 0 saturated carbocycles. The molecule has 1 saturated heterocycles. The van der Waals surface area contributed by atoms with E-state index in [1.165, 1.54) is 11.0 Å². The number of hydrogen-bond donors (Lipinski definition) is 0. The molecule has 0 bridgehead atoms. The van der Waals surface area contributed by atoms with Gasteiger partial charge in [0.25, 0.3) is 0 Å². The fourth-order valence-corrected chi connectivity index (χ4v) is 4.91. The van der Waals surface area contributed by atoms with Gasteiger partial charge in [-0.2, -0.15) is 0 Å². The van der Waals surface area contributed by atoms with Crippen molar-refractivity contribution in [3.63, 3.8) is 0 Å². The predicted molar refractivity (Wildman–Crippen MR) is 114 cm³/mol. The number of tetrazole rings is 1. The summed E-state index contributed by atoms with van der Waals surface area (Å²) in [6, 6.07) is 10.0. The molecule has 9 nitrogen and oxygen atoms in total. The van der Waals surface area contributed by atoms with E-state index in [1.807, 2.05) is 42.2 Å². The zero-order valence-corrected chi connectivity index (χ0v) is 17.8. The summed E-state index contributed by atoms with van der Waals surface area (Å²) in [4.78, 5) is 19.3. The average Bonchev–Trinajstić information content (AvgIpc) is 3.55. The minimum atomic E-state index is 0.0400. The Morgan fingerprint density at radius 2 is 2.03 bits per heavy atom. The summed E-state index contributed by atoms with van der Waals surface area (Å²) in [5.74, 6) is 1.15. The highest BCUT2D eigenvalue weighted by Gasteiger charge is 2.27. The van der Waals surface area contributed by atoms with Gasteiger partial charge in [0.2, 0.25) is 5.91 Å². The van der Waals surface area contributed by atoms with Crippen LogP contribution >= 0.6 is 11.3 Å². The van der Waals surface area contributed by atoms with Crippen molar-refractivity contribution in [3.05, 3.63) is 52.8 Å². The number of hydrogen-bond acceptors (Lipinski definition) is 8. The van der Waals surface area contributed by atoms with Gasteiger partial charge in [0.1, 0.15) is 24.3 Å². The molecule has 4 heterocycles. The quantitative estimate of drug-likeness (QED) is 0.474. The summed E-state index contributed by atoms with van der Waals surface area (Å²) in [6.45, 7) is 3.51. The van der Waals surface area contributed by atoms with Gasteiger partial charge in [-0.05, 0) is 30.2 Å². The average molecular weight is 436 g/mol. The first-order valence-corrected chi connectivity index (χ1v) is 11.0. The Labute approximate surface area is 182 Å². The third-order valence-corrected chi connectivity index (χ3v) is 6.58. The normalized spacial score (nSPS) is 14.8. The van der Waals surface area contributed by atoms with Gasteiger partial charge in [-0.25, -0.2) is 9.67 Å². The van der Waals surface area contributed by atoms with Crippen LogP contribution in [0.1, 0.15) is 29.5 Å². The number of benzene rings is 1. The summed E-state index contributed by atoms with van der Waals surface area (Å²) in [5.41, 5.74) is 3.67.